The third-order valence-corrected chi connectivity index (χ3v) is 3.71. The largest absolute Gasteiger partial charge is 0.457 e. The zero-order valence-electron chi connectivity index (χ0n) is 11.2. The molecule has 0 aliphatic rings. The Labute approximate surface area is 122 Å². The van der Waals surface area contributed by atoms with Crippen LogP contribution in [0.1, 0.15) is 18.1 Å². The highest BCUT2D eigenvalue weighted by atomic mass is 79.9. The number of nitrogens with two attached hydrogens (primary N) is 1. The number of halogens is 1. The van der Waals surface area contributed by atoms with Gasteiger partial charge in [-0.05, 0) is 61.7 Å². The molecule has 100 valence electrons. The molecule has 2 aromatic carbocycles. The van der Waals surface area contributed by atoms with Crippen LogP contribution in [-0.4, -0.2) is 6.04 Å². The van der Waals surface area contributed by atoms with Gasteiger partial charge >= 0.3 is 0 Å². The second-order valence-corrected chi connectivity index (χ2v) is 5.70. The zero-order chi connectivity index (χ0) is 13.8. The molecule has 2 rings (SSSR count). The minimum atomic E-state index is 0.158. The lowest BCUT2D eigenvalue weighted by atomic mass is 10.1. The highest BCUT2D eigenvalue weighted by Gasteiger charge is 2.03. The standard InChI is InChI=1S/C16H18BrNO/c1-11-8-15(6-7-16(11)17)19-14-5-3-4-13(10-14)9-12(2)18/h3-8,10,12H,9,18H2,1-2H3. The predicted octanol–water partition coefficient (Wildman–Crippen LogP) is 4.44. The summed E-state index contributed by atoms with van der Waals surface area (Å²) in [5, 5.41) is 0. The average Bonchev–Trinajstić information content (AvgIpc) is 2.33. The summed E-state index contributed by atoms with van der Waals surface area (Å²) < 4.78 is 6.96. The van der Waals surface area contributed by atoms with Gasteiger partial charge in [-0.25, -0.2) is 0 Å². The van der Waals surface area contributed by atoms with Crippen LogP contribution in [0.3, 0.4) is 0 Å². The quantitative estimate of drug-likeness (QED) is 0.904. The monoisotopic (exact) mass is 319 g/mol. The fraction of sp³-hybridized carbons (Fsp3) is 0.250. The lowest BCUT2D eigenvalue weighted by molar-refractivity contribution is 0.481. The molecule has 3 heteroatoms. The molecule has 0 aliphatic heterocycles. The maximum absolute atomic E-state index is 5.87. The second-order valence-electron chi connectivity index (χ2n) is 4.84. The molecular weight excluding hydrogens is 302 g/mol. The molecule has 19 heavy (non-hydrogen) atoms. The van der Waals surface area contributed by atoms with Crippen LogP contribution in [-0.2, 0) is 6.42 Å². The van der Waals surface area contributed by atoms with Gasteiger partial charge in [-0.3, -0.25) is 0 Å². The van der Waals surface area contributed by atoms with Crippen LogP contribution in [0.15, 0.2) is 46.9 Å². The van der Waals surface area contributed by atoms with Gasteiger partial charge in [-0.1, -0.05) is 28.1 Å². The van der Waals surface area contributed by atoms with Crippen LogP contribution in [0, 0.1) is 6.92 Å². The lowest BCUT2D eigenvalue weighted by Gasteiger charge is -2.10. The van der Waals surface area contributed by atoms with Crippen molar-refractivity contribution in [2.24, 2.45) is 5.73 Å². The van der Waals surface area contributed by atoms with Crippen molar-refractivity contribution in [3.05, 3.63) is 58.1 Å². The van der Waals surface area contributed by atoms with E-state index >= 15 is 0 Å². The smallest absolute Gasteiger partial charge is 0.127 e. The molecule has 0 amide bonds. The summed E-state index contributed by atoms with van der Waals surface area (Å²) in [5.74, 6) is 1.69. The highest BCUT2D eigenvalue weighted by Crippen LogP contribution is 2.26. The fourth-order valence-electron chi connectivity index (χ4n) is 1.92. The van der Waals surface area contributed by atoms with Gasteiger partial charge < -0.3 is 10.5 Å². The average molecular weight is 320 g/mol. The molecule has 2 aromatic rings. The van der Waals surface area contributed by atoms with E-state index in [4.69, 9.17) is 10.5 Å². The summed E-state index contributed by atoms with van der Waals surface area (Å²) in [6, 6.07) is 14.2. The third-order valence-electron chi connectivity index (χ3n) is 2.82. The topological polar surface area (TPSA) is 35.2 Å². The Bertz CT molecular complexity index is 566. The first-order valence-electron chi connectivity index (χ1n) is 6.33. The normalized spacial score (nSPS) is 12.2. The third kappa shape index (κ3) is 4.08. The van der Waals surface area contributed by atoms with Crippen LogP contribution in [0.2, 0.25) is 0 Å². The summed E-state index contributed by atoms with van der Waals surface area (Å²) >= 11 is 3.48. The maximum atomic E-state index is 5.87. The Hall–Kier alpha value is -1.32. The first-order valence-corrected chi connectivity index (χ1v) is 7.12. The van der Waals surface area contributed by atoms with Crippen molar-refractivity contribution < 1.29 is 4.74 Å². The molecule has 2 nitrogen and oxygen atoms in total. The Balaban J connectivity index is 2.16. The van der Waals surface area contributed by atoms with E-state index in [-0.39, 0.29) is 6.04 Å². The molecule has 0 saturated heterocycles. The first kappa shape index (κ1) is 14.1. The minimum Gasteiger partial charge on any atom is -0.457 e. The van der Waals surface area contributed by atoms with Gasteiger partial charge in [-0.15, -0.1) is 0 Å². The predicted molar refractivity (Wildman–Crippen MR) is 82.7 cm³/mol. The number of hydrogen-bond acceptors (Lipinski definition) is 2. The SMILES string of the molecule is Cc1cc(Oc2cccc(CC(C)N)c2)ccc1Br. The summed E-state index contributed by atoms with van der Waals surface area (Å²) in [6.45, 7) is 4.05. The van der Waals surface area contributed by atoms with Crippen molar-refractivity contribution in [3.8, 4) is 11.5 Å². The minimum absolute atomic E-state index is 0.158. The van der Waals surface area contributed by atoms with Crippen molar-refractivity contribution >= 4 is 15.9 Å². The zero-order valence-corrected chi connectivity index (χ0v) is 12.8. The van der Waals surface area contributed by atoms with Crippen LogP contribution < -0.4 is 10.5 Å². The van der Waals surface area contributed by atoms with Gasteiger partial charge in [0.1, 0.15) is 11.5 Å². The Morgan fingerprint density at radius 2 is 1.89 bits per heavy atom. The van der Waals surface area contributed by atoms with E-state index in [2.05, 4.69) is 22.0 Å². The molecule has 1 unspecified atom stereocenters. The van der Waals surface area contributed by atoms with Gasteiger partial charge in [0, 0.05) is 10.5 Å². The number of rotatable bonds is 4. The molecule has 0 heterocycles. The van der Waals surface area contributed by atoms with Crippen molar-refractivity contribution in [1.82, 2.24) is 0 Å². The summed E-state index contributed by atoms with van der Waals surface area (Å²) in [5.41, 5.74) is 8.17. The molecular formula is C16H18BrNO. The molecule has 0 bridgehead atoms. The highest BCUT2D eigenvalue weighted by molar-refractivity contribution is 9.10. The summed E-state index contributed by atoms with van der Waals surface area (Å²) in [7, 11) is 0. The first-order chi connectivity index (χ1) is 9.04. The van der Waals surface area contributed by atoms with Crippen LogP contribution in [0.25, 0.3) is 0 Å². The van der Waals surface area contributed by atoms with Gasteiger partial charge in [-0.2, -0.15) is 0 Å². The summed E-state index contributed by atoms with van der Waals surface area (Å²) in [6.07, 6.45) is 0.858. The van der Waals surface area contributed by atoms with Crippen molar-refractivity contribution in [3.63, 3.8) is 0 Å². The number of hydrogen-bond donors (Lipinski definition) is 1. The molecule has 1 atom stereocenters. The van der Waals surface area contributed by atoms with E-state index in [1.54, 1.807) is 0 Å². The van der Waals surface area contributed by atoms with Crippen LogP contribution in [0.5, 0.6) is 11.5 Å². The number of benzene rings is 2. The van der Waals surface area contributed by atoms with Gasteiger partial charge in [0.25, 0.3) is 0 Å². The molecule has 0 aromatic heterocycles. The lowest BCUT2D eigenvalue weighted by Crippen LogP contribution is -2.17. The van der Waals surface area contributed by atoms with Crippen molar-refractivity contribution in [2.75, 3.05) is 0 Å². The number of aryl methyl sites for hydroxylation is 1. The molecule has 0 fully saturated rings. The second kappa shape index (κ2) is 6.22. The van der Waals surface area contributed by atoms with E-state index in [0.717, 1.165) is 28.0 Å². The molecule has 0 aliphatic carbocycles. The van der Waals surface area contributed by atoms with Gasteiger partial charge in [0.05, 0.1) is 0 Å². The maximum Gasteiger partial charge on any atom is 0.127 e. The molecule has 0 saturated carbocycles. The van der Waals surface area contributed by atoms with Crippen molar-refractivity contribution in [1.29, 1.82) is 0 Å². The van der Waals surface area contributed by atoms with Gasteiger partial charge in [0.2, 0.25) is 0 Å². The summed E-state index contributed by atoms with van der Waals surface area (Å²) in [4.78, 5) is 0. The fourth-order valence-corrected chi connectivity index (χ4v) is 2.17. The van der Waals surface area contributed by atoms with Crippen molar-refractivity contribution in [2.45, 2.75) is 26.3 Å². The van der Waals surface area contributed by atoms with Crippen LogP contribution >= 0.6 is 15.9 Å². The van der Waals surface area contributed by atoms with E-state index in [1.165, 1.54) is 5.56 Å². The van der Waals surface area contributed by atoms with Gasteiger partial charge in [0.15, 0.2) is 0 Å². The Kier molecular flexibility index (Phi) is 4.61. The molecule has 2 N–H and O–H groups in total. The van der Waals surface area contributed by atoms with E-state index in [9.17, 15) is 0 Å². The molecule has 0 radical (unpaired) electrons. The molecule has 0 spiro atoms. The number of ether oxygens (including phenoxy) is 1. The van der Waals surface area contributed by atoms with E-state index in [1.807, 2.05) is 50.2 Å². The Morgan fingerprint density at radius 3 is 2.58 bits per heavy atom. The van der Waals surface area contributed by atoms with E-state index in [0.29, 0.717) is 0 Å². The van der Waals surface area contributed by atoms with E-state index < -0.39 is 0 Å². The Morgan fingerprint density at radius 1 is 1.16 bits per heavy atom. The van der Waals surface area contributed by atoms with Crippen LogP contribution in [0.4, 0.5) is 0 Å².